The van der Waals surface area contributed by atoms with E-state index in [1.54, 1.807) is 11.3 Å². The number of nitrogens with one attached hydrogen (secondary N) is 1. The van der Waals surface area contributed by atoms with Gasteiger partial charge in [0.2, 0.25) is 0 Å². The predicted octanol–water partition coefficient (Wildman–Crippen LogP) is 3.88. The second kappa shape index (κ2) is 7.48. The first-order valence-corrected chi connectivity index (χ1v) is 10.4. The summed E-state index contributed by atoms with van der Waals surface area (Å²) in [5, 5.41) is 6.66. The van der Waals surface area contributed by atoms with Gasteiger partial charge in [-0.15, -0.1) is 11.3 Å². The third-order valence-electron chi connectivity index (χ3n) is 5.24. The van der Waals surface area contributed by atoms with Crippen LogP contribution in [0.15, 0.2) is 11.4 Å². The molecule has 0 bridgehead atoms. The molecule has 6 nitrogen and oxygen atoms in total. The quantitative estimate of drug-likeness (QED) is 0.877. The van der Waals surface area contributed by atoms with Crippen molar-refractivity contribution in [2.24, 2.45) is 0 Å². The molecular weight excluding hydrogens is 346 g/mol. The maximum absolute atomic E-state index is 5.50. The maximum atomic E-state index is 5.50. The number of ether oxygens (including phenoxy) is 1. The first-order valence-electron chi connectivity index (χ1n) is 9.54. The lowest BCUT2D eigenvalue weighted by Crippen LogP contribution is -2.38. The number of nitrogens with zero attached hydrogens (tertiary/aromatic N) is 4. The molecule has 26 heavy (non-hydrogen) atoms. The lowest BCUT2D eigenvalue weighted by molar-refractivity contribution is 0.122. The van der Waals surface area contributed by atoms with Crippen LogP contribution in [-0.2, 0) is 4.74 Å². The fourth-order valence-electron chi connectivity index (χ4n) is 3.77. The van der Waals surface area contributed by atoms with Crippen molar-refractivity contribution < 1.29 is 4.74 Å². The Kier molecular flexibility index (Phi) is 5.09. The molecule has 0 radical (unpaired) electrons. The fraction of sp³-hybridized carbons (Fsp3) is 0.632. The van der Waals surface area contributed by atoms with Crippen LogP contribution in [0.25, 0.3) is 10.8 Å². The van der Waals surface area contributed by atoms with Gasteiger partial charge in [-0.05, 0) is 26.7 Å². The monoisotopic (exact) mass is 373 g/mol. The molecule has 0 aromatic carbocycles. The van der Waals surface area contributed by atoms with E-state index in [2.05, 4.69) is 33.6 Å². The van der Waals surface area contributed by atoms with Crippen molar-refractivity contribution in [2.75, 3.05) is 36.5 Å². The molecular formula is C19H27N5OS. The number of morpholine rings is 1. The Hall–Kier alpha value is -1.73. The van der Waals surface area contributed by atoms with E-state index in [4.69, 9.17) is 14.7 Å². The number of hydrogen-bond acceptors (Lipinski definition) is 7. The van der Waals surface area contributed by atoms with Gasteiger partial charge in [-0.25, -0.2) is 15.0 Å². The Bertz CT molecular complexity index is 750. The number of anilines is 2. The van der Waals surface area contributed by atoms with Gasteiger partial charge < -0.3 is 15.0 Å². The molecule has 2 aromatic heterocycles. The van der Waals surface area contributed by atoms with Crippen LogP contribution < -0.4 is 10.2 Å². The standard InChI is InChI=1S/C19H27N5OS/c1-14-13-26-18(20-14)17-21-15(23-19(2)6-4-3-5-7-19)12-16(22-17)24-8-10-25-11-9-24/h12-13H,3-11H2,1-2H3,(H,21,22,23). The van der Waals surface area contributed by atoms with Crippen LogP contribution in [0, 0.1) is 6.92 Å². The third kappa shape index (κ3) is 3.99. The molecule has 2 aliphatic rings. The lowest BCUT2D eigenvalue weighted by Gasteiger charge is -2.35. The summed E-state index contributed by atoms with van der Waals surface area (Å²) >= 11 is 1.60. The fourth-order valence-corrected chi connectivity index (χ4v) is 4.50. The zero-order valence-corrected chi connectivity index (χ0v) is 16.4. The molecule has 1 saturated heterocycles. The van der Waals surface area contributed by atoms with Crippen molar-refractivity contribution in [2.45, 2.75) is 51.5 Å². The zero-order valence-electron chi connectivity index (χ0n) is 15.6. The number of aromatic nitrogens is 3. The van der Waals surface area contributed by atoms with Crippen molar-refractivity contribution in [3.05, 3.63) is 17.1 Å². The molecule has 1 N–H and O–H groups in total. The molecule has 0 amide bonds. The van der Waals surface area contributed by atoms with Crippen molar-refractivity contribution in [3.63, 3.8) is 0 Å². The summed E-state index contributed by atoms with van der Waals surface area (Å²) in [5.74, 6) is 2.59. The molecule has 2 aromatic rings. The van der Waals surface area contributed by atoms with E-state index in [-0.39, 0.29) is 5.54 Å². The van der Waals surface area contributed by atoms with E-state index in [9.17, 15) is 0 Å². The van der Waals surface area contributed by atoms with Gasteiger partial charge in [-0.3, -0.25) is 0 Å². The van der Waals surface area contributed by atoms with Crippen LogP contribution >= 0.6 is 11.3 Å². The van der Waals surface area contributed by atoms with Gasteiger partial charge >= 0.3 is 0 Å². The number of thiazole rings is 1. The van der Waals surface area contributed by atoms with Crippen molar-refractivity contribution in [1.29, 1.82) is 0 Å². The highest BCUT2D eigenvalue weighted by Crippen LogP contribution is 2.32. The van der Waals surface area contributed by atoms with Gasteiger partial charge in [0.25, 0.3) is 0 Å². The molecule has 1 aliphatic carbocycles. The highest BCUT2D eigenvalue weighted by atomic mass is 32.1. The van der Waals surface area contributed by atoms with Gasteiger partial charge in [0.15, 0.2) is 10.8 Å². The highest BCUT2D eigenvalue weighted by molar-refractivity contribution is 7.13. The van der Waals surface area contributed by atoms with Crippen LogP contribution in [0.5, 0.6) is 0 Å². The summed E-state index contributed by atoms with van der Waals surface area (Å²) in [6, 6.07) is 2.09. The molecule has 1 saturated carbocycles. The lowest BCUT2D eigenvalue weighted by atomic mass is 9.83. The minimum atomic E-state index is 0.116. The summed E-state index contributed by atoms with van der Waals surface area (Å²) in [6.07, 6.45) is 6.28. The van der Waals surface area contributed by atoms with E-state index in [1.807, 2.05) is 6.92 Å². The van der Waals surface area contributed by atoms with Gasteiger partial charge in [0.1, 0.15) is 11.6 Å². The van der Waals surface area contributed by atoms with Crippen LogP contribution in [-0.4, -0.2) is 46.8 Å². The average Bonchev–Trinajstić information content (AvgIpc) is 3.09. The van der Waals surface area contributed by atoms with Gasteiger partial charge in [-0.1, -0.05) is 19.3 Å². The molecule has 140 valence electrons. The Morgan fingerprint density at radius 3 is 2.58 bits per heavy atom. The molecule has 0 atom stereocenters. The highest BCUT2D eigenvalue weighted by Gasteiger charge is 2.28. The first kappa shape index (κ1) is 17.7. The largest absolute Gasteiger partial charge is 0.378 e. The van der Waals surface area contributed by atoms with Crippen molar-refractivity contribution >= 4 is 23.0 Å². The molecule has 0 unspecified atom stereocenters. The molecule has 2 fully saturated rings. The topological polar surface area (TPSA) is 63.2 Å². The minimum Gasteiger partial charge on any atom is -0.378 e. The van der Waals surface area contributed by atoms with E-state index >= 15 is 0 Å². The minimum absolute atomic E-state index is 0.116. The van der Waals surface area contributed by atoms with E-state index in [0.717, 1.165) is 48.6 Å². The first-order chi connectivity index (χ1) is 12.6. The van der Waals surface area contributed by atoms with Crippen molar-refractivity contribution in [3.8, 4) is 10.8 Å². The molecule has 3 heterocycles. The predicted molar refractivity (Wildman–Crippen MR) is 106 cm³/mol. The SMILES string of the molecule is Cc1csc(-c2nc(NC3(C)CCCCC3)cc(N3CCOCC3)n2)n1. The average molecular weight is 374 g/mol. The summed E-state index contributed by atoms with van der Waals surface area (Å²) in [7, 11) is 0. The Morgan fingerprint density at radius 1 is 1.12 bits per heavy atom. The maximum Gasteiger partial charge on any atom is 0.192 e. The van der Waals surface area contributed by atoms with E-state index in [1.165, 1.54) is 32.1 Å². The van der Waals surface area contributed by atoms with Crippen LogP contribution in [0.2, 0.25) is 0 Å². The van der Waals surface area contributed by atoms with Crippen molar-refractivity contribution in [1.82, 2.24) is 15.0 Å². The summed E-state index contributed by atoms with van der Waals surface area (Å²) < 4.78 is 5.50. The van der Waals surface area contributed by atoms with Crippen LogP contribution in [0.1, 0.15) is 44.7 Å². The van der Waals surface area contributed by atoms with Gasteiger partial charge in [0.05, 0.1) is 13.2 Å². The number of aryl methyl sites for hydroxylation is 1. The summed E-state index contributed by atoms with van der Waals surface area (Å²) in [6.45, 7) is 7.55. The van der Waals surface area contributed by atoms with Gasteiger partial charge in [0, 0.05) is 35.8 Å². The normalized spacial score (nSPS) is 20.2. The third-order valence-corrected chi connectivity index (χ3v) is 6.20. The summed E-state index contributed by atoms with van der Waals surface area (Å²) in [4.78, 5) is 16.5. The van der Waals surface area contributed by atoms with Crippen LogP contribution in [0.4, 0.5) is 11.6 Å². The van der Waals surface area contributed by atoms with Crippen LogP contribution in [0.3, 0.4) is 0 Å². The number of rotatable bonds is 4. The molecule has 1 aliphatic heterocycles. The summed E-state index contributed by atoms with van der Waals surface area (Å²) in [5.41, 5.74) is 1.13. The Balaban J connectivity index is 1.67. The number of hydrogen-bond donors (Lipinski definition) is 1. The smallest absolute Gasteiger partial charge is 0.192 e. The van der Waals surface area contributed by atoms with E-state index < -0.39 is 0 Å². The van der Waals surface area contributed by atoms with E-state index in [0.29, 0.717) is 5.82 Å². The zero-order chi connectivity index (χ0) is 18.0. The Morgan fingerprint density at radius 2 is 1.88 bits per heavy atom. The van der Waals surface area contributed by atoms with Gasteiger partial charge in [-0.2, -0.15) is 0 Å². The molecule has 7 heteroatoms. The second-order valence-electron chi connectivity index (χ2n) is 7.57. The Labute approximate surface area is 159 Å². The molecule has 0 spiro atoms. The molecule has 4 rings (SSSR count). The second-order valence-corrected chi connectivity index (χ2v) is 8.43.